The molecule has 0 aliphatic heterocycles. The highest BCUT2D eigenvalue weighted by Gasteiger charge is 2.38. The molecule has 1 amide bonds. The van der Waals surface area contributed by atoms with Crippen molar-refractivity contribution in [3.63, 3.8) is 0 Å². The highest BCUT2D eigenvalue weighted by Crippen LogP contribution is 2.37. The van der Waals surface area contributed by atoms with E-state index in [1.54, 1.807) is 0 Å². The van der Waals surface area contributed by atoms with E-state index >= 15 is 0 Å². The fraction of sp³-hybridized carbons (Fsp3) is 0.500. The molecular weight excluding hydrogens is 250 g/mol. The van der Waals surface area contributed by atoms with Crippen molar-refractivity contribution in [2.75, 3.05) is 6.54 Å². The Labute approximate surface area is 119 Å². The van der Waals surface area contributed by atoms with Crippen LogP contribution in [-0.4, -0.2) is 22.0 Å². The first-order valence-electron chi connectivity index (χ1n) is 7.36. The average Bonchev–Trinajstić information content (AvgIpc) is 3.08. The van der Waals surface area contributed by atoms with Crippen LogP contribution >= 0.6 is 0 Å². The minimum absolute atomic E-state index is 0.227. The molecule has 2 aromatic rings. The van der Waals surface area contributed by atoms with E-state index in [0.717, 1.165) is 37.3 Å². The molecule has 4 nitrogen and oxygen atoms in total. The topological polar surface area (TPSA) is 46.9 Å². The van der Waals surface area contributed by atoms with Crippen LogP contribution in [0.2, 0.25) is 0 Å². The highest BCUT2D eigenvalue weighted by atomic mass is 16.2. The Morgan fingerprint density at radius 2 is 2.20 bits per heavy atom. The number of rotatable bonds is 5. The zero-order chi connectivity index (χ0) is 14.1. The summed E-state index contributed by atoms with van der Waals surface area (Å²) in [5, 5.41) is 3.03. The normalized spacial score (nSPS) is 21.1. The van der Waals surface area contributed by atoms with Crippen molar-refractivity contribution in [3.8, 4) is 0 Å². The van der Waals surface area contributed by atoms with Gasteiger partial charge in [-0.25, -0.2) is 4.98 Å². The third kappa shape index (κ3) is 2.55. The number of benzene rings is 1. The second-order valence-corrected chi connectivity index (χ2v) is 5.76. The molecule has 1 fully saturated rings. The van der Waals surface area contributed by atoms with E-state index in [1.165, 1.54) is 5.52 Å². The monoisotopic (exact) mass is 271 g/mol. The highest BCUT2D eigenvalue weighted by molar-refractivity contribution is 5.81. The zero-order valence-corrected chi connectivity index (χ0v) is 12.1. The Morgan fingerprint density at radius 1 is 1.45 bits per heavy atom. The number of carbonyl (C=O) groups is 1. The first-order valence-corrected chi connectivity index (χ1v) is 7.36. The summed E-state index contributed by atoms with van der Waals surface area (Å²) in [4.78, 5) is 16.3. The second kappa shape index (κ2) is 5.27. The molecule has 1 saturated carbocycles. The van der Waals surface area contributed by atoms with Crippen molar-refractivity contribution < 1.29 is 4.79 Å². The molecule has 1 aromatic heterocycles. The number of hydrogen-bond donors (Lipinski definition) is 1. The van der Waals surface area contributed by atoms with Crippen LogP contribution in [0.5, 0.6) is 0 Å². The zero-order valence-electron chi connectivity index (χ0n) is 12.1. The summed E-state index contributed by atoms with van der Waals surface area (Å²) in [5.74, 6) is 2.11. The molecule has 2 atom stereocenters. The lowest BCUT2D eigenvalue weighted by Gasteiger charge is -2.08. The lowest BCUT2D eigenvalue weighted by molar-refractivity contribution is -0.122. The van der Waals surface area contributed by atoms with Gasteiger partial charge in [-0.05, 0) is 37.8 Å². The summed E-state index contributed by atoms with van der Waals surface area (Å²) in [6.07, 6.45) is 1.99. The molecule has 20 heavy (non-hydrogen) atoms. The van der Waals surface area contributed by atoms with Crippen LogP contribution in [0, 0.1) is 18.8 Å². The number of hydrogen-bond acceptors (Lipinski definition) is 2. The van der Waals surface area contributed by atoms with Gasteiger partial charge in [-0.2, -0.15) is 0 Å². The molecule has 3 rings (SSSR count). The predicted molar refractivity (Wildman–Crippen MR) is 79.4 cm³/mol. The molecule has 0 radical (unpaired) electrons. The summed E-state index contributed by atoms with van der Waals surface area (Å²) in [5.41, 5.74) is 2.22. The summed E-state index contributed by atoms with van der Waals surface area (Å²) in [6.45, 7) is 5.80. The molecular formula is C16H21N3O. The van der Waals surface area contributed by atoms with Crippen molar-refractivity contribution in [1.82, 2.24) is 14.9 Å². The maximum absolute atomic E-state index is 11.7. The Morgan fingerprint density at radius 3 is 2.95 bits per heavy atom. The SMILES string of the molecule is Cc1nc2ccccc2n1CCCNC(=O)C1CC1C. The molecule has 0 spiro atoms. The molecule has 1 aromatic carbocycles. The molecule has 1 heterocycles. The van der Waals surface area contributed by atoms with Crippen molar-refractivity contribution in [3.05, 3.63) is 30.1 Å². The standard InChI is InChI=1S/C16H21N3O/c1-11-10-13(11)16(20)17-8-5-9-19-12(2)18-14-6-3-4-7-15(14)19/h3-4,6-7,11,13H,5,8-10H2,1-2H3,(H,17,20). The molecule has 106 valence electrons. The molecule has 1 N–H and O–H groups in total. The predicted octanol–water partition coefficient (Wildman–Crippen LogP) is 2.51. The Kier molecular flexibility index (Phi) is 3.47. The van der Waals surface area contributed by atoms with E-state index in [4.69, 9.17) is 0 Å². The average molecular weight is 271 g/mol. The molecule has 4 heteroatoms. The largest absolute Gasteiger partial charge is 0.356 e. The minimum atomic E-state index is 0.227. The van der Waals surface area contributed by atoms with Gasteiger partial charge in [-0.3, -0.25) is 4.79 Å². The molecule has 2 unspecified atom stereocenters. The van der Waals surface area contributed by atoms with Crippen LogP contribution in [0.25, 0.3) is 11.0 Å². The quantitative estimate of drug-likeness (QED) is 0.849. The number of aromatic nitrogens is 2. The van der Waals surface area contributed by atoms with Gasteiger partial charge < -0.3 is 9.88 Å². The van der Waals surface area contributed by atoms with Crippen LogP contribution in [0.15, 0.2) is 24.3 Å². The summed E-state index contributed by atoms with van der Waals surface area (Å²) in [7, 11) is 0. The Bertz CT molecular complexity index is 632. The van der Waals surface area contributed by atoms with Gasteiger partial charge in [0, 0.05) is 19.0 Å². The van der Waals surface area contributed by atoms with Gasteiger partial charge in [-0.1, -0.05) is 19.1 Å². The van der Waals surface area contributed by atoms with Crippen molar-refractivity contribution in [1.29, 1.82) is 0 Å². The van der Waals surface area contributed by atoms with Gasteiger partial charge in [0.15, 0.2) is 0 Å². The van der Waals surface area contributed by atoms with E-state index in [2.05, 4.69) is 27.9 Å². The molecule has 1 aliphatic rings. The van der Waals surface area contributed by atoms with Crippen LogP contribution in [0.3, 0.4) is 0 Å². The number of nitrogens with one attached hydrogen (secondary N) is 1. The van der Waals surface area contributed by atoms with Gasteiger partial charge >= 0.3 is 0 Å². The van der Waals surface area contributed by atoms with Crippen LogP contribution in [-0.2, 0) is 11.3 Å². The fourth-order valence-electron chi connectivity index (χ4n) is 2.75. The summed E-state index contributed by atoms with van der Waals surface area (Å²) >= 11 is 0. The molecule has 0 saturated heterocycles. The summed E-state index contributed by atoms with van der Waals surface area (Å²) in [6, 6.07) is 8.18. The number of para-hydroxylation sites is 2. The van der Waals surface area contributed by atoms with Crippen LogP contribution in [0.1, 0.15) is 25.6 Å². The number of aryl methyl sites for hydroxylation is 2. The van der Waals surface area contributed by atoms with E-state index in [9.17, 15) is 4.79 Å². The molecule has 1 aliphatic carbocycles. The van der Waals surface area contributed by atoms with E-state index in [0.29, 0.717) is 5.92 Å². The smallest absolute Gasteiger partial charge is 0.223 e. The van der Waals surface area contributed by atoms with Crippen molar-refractivity contribution in [2.45, 2.75) is 33.2 Å². The Hall–Kier alpha value is -1.84. The van der Waals surface area contributed by atoms with Gasteiger partial charge in [0.25, 0.3) is 0 Å². The first kappa shape index (κ1) is 13.2. The van der Waals surface area contributed by atoms with Crippen molar-refractivity contribution >= 4 is 16.9 Å². The molecule has 0 bridgehead atoms. The van der Waals surface area contributed by atoms with E-state index < -0.39 is 0 Å². The third-order valence-corrected chi connectivity index (χ3v) is 4.15. The number of carbonyl (C=O) groups excluding carboxylic acids is 1. The van der Waals surface area contributed by atoms with Crippen LogP contribution in [0.4, 0.5) is 0 Å². The number of nitrogens with zero attached hydrogens (tertiary/aromatic N) is 2. The lowest BCUT2D eigenvalue weighted by atomic mass is 10.3. The van der Waals surface area contributed by atoms with Gasteiger partial charge in [0.1, 0.15) is 5.82 Å². The second-order valence-electron chi connectivity index (χ2n) is 5.76. The number of fused-ring (bicyclic) bond motifs is 1. The Balaban J connectivity index is 1.55. The number of amides is 1. The third-order valence-electron chi connectivity index (χ3n) is 4.15. The minimum Gasteiger partial charge on any atom is -0.356 e. The summed E-state index contributed by atoms with van der Waals surface area (Å²) < 4.78 is 2.22. The van der Waals surface area contributed by atoms with Crippen molar-refractivity contribution in [2.24, 2.45) is 11.8 Å². The lowest BCUT2D eigenvalue weighted by Crippen LogP contribution is -2.27. The van der Waals surface area contributed by atoms with Gasteiger partial charge in [0.2, 0.25) is 5.91 Å². The first-order chi connectivity index (χ1) is 9.66. The van der Waals surface area contributed by atoms with Gasteiger partial charge in [0.05, 0.1) is 11.0 Å². The maximum Gasteiger partial charge on any atom is 0.223 e. The van der Waals surface area contributed by atoms with E-state index in [-0.39, 0.29) is 11.8 Å². The number of imidazole rings is 1. The maximum atomic E-state index is 11.7. The fourth-order valence-corrected chi connectivity index (χ4v) is 2.75. The van der Waals surface area contributed by atoms with Crippen LogP contribution < -0.4 is 5.32 Å². The van der Waals surface area contributed by atoms with Gasteiger partial charge in [-0.15, -0.1) is 0 Å². The van der Waals surface area contributed by atoms with E-state index in [1.807, 2.05) is 25.1 Å².